The first-order chi connectivity index (χ1) is 12.4. The minimum Gasteiger partial charge on any atom is -0.490 e. The van der Waals surface area contributed by atoms with Crippen molar-refractivity contribution in [2.45, 2.75) is 25.6 Å². The molecule has 0 heterocycles. The average Bonchev–Trinajstić information content (AvgIpc) is 2.56. The highest BCUT2D eigenvalue weighted by Crippen LogP contribution is 2.33. The number of nitrogens with one attached hydrogen (secondary N) is 1. The zero-order valence-electron chi connectivity index (χ0n) is 14.3. The highest BCUT2D eigenvalue weighted by Gasteiger charge is 2.34. The van der Waals surface area contributed by atoms with E-state index in [1.165, 1.54) is 31.2 Å². The highest BCUT2D eigenvalue weighted by atomic mass is 35.5. The van der Waals surface area contributed by atoms with Gasteiger partial charge in [0.1, 0.15) is 18.2 Å². The molecule has 0 bridgehead atoms. The number of aliphatic hydroxyl groups is 1. The first kappa shape index (κ1) is 21.0. The zero-order valence-corrected chi connectivity index (χ0v) is 15.1. The fourth-order valence-electron chi connectivity index (χ4n) is 2.13. The molecule has 0 spiro atoms. The molecule has 0 aromatic heterocycles. The molecule has 4 nitrogen and oxygen atoms in total. The summed E-state index contributed by atoms with van der Waals surface area (Å²) in [6, 6.07) is 6.83. The predicted molar refractivity (Wildman–Crippen MR) is 92.3 cm³/mol. The second-order valence-corrected chi connectivity index (χ2v) is 6.53. The Kier molecular flexibility index (Phi) is 6.01. The maximum absolute atomic E-state index is 13.4. The molecule has 9 heteroatoms. The van der Waals surface area contributed by atoms with Gasteiger partial charge in [0.15, 0.2) is 5.60 Å². The molecule has 0 fully saturated rings. The number of carbonyl (C=O) groups is 1. The summed E-state index contributed by atoms with van der Waals surface area (Å²) in [6.45, 7) is 1.86. The van der Waals surface area contributed by atoms with Gasteiger partial charge in [0.2, 0.25) is 0 Å². The van der Waals surface area contributed by atoms with Gasteiger partial charge in [0.25, 0.3) is 5.91 Å². The first-order valence-electron chi connectivity index (χ1n) is 7.70. The second-order valence-electron chi connectivity index (χ2n) is 6.12. The largest absolute Gasteiger partial charge is 0.490 e. The van der Waals surface area contributed by atoms with E-state index in [-0.39, 0.29) is 22.0 Å². The number of hydrogen-bond acceptors (Lipinski definition) is 3. The van der Waals surface area contributed by atoms with Gasteiger partial charge in [-0.25, -0.2) is 4.39 Å². The van der Waals surface area contributed by atoms with Gasteiger partial charge in [-0.2, -0.15) is 13.2 Å². The standard InChI is InChI=1S/C18H16ClF4NO3/c1-10-3-4-11(7-13(10)18(21,22)23)24-16(25)17(2,26)9-27-12-5-6-14(19)15(20)8-12/h3-8,26H,9H2,1-2H3,(H,24,25). The zero-order chi connectivity index (χ0) is 20.4. The topological polar surface area (TPSA) is 58.6 Å². The highest BCUT2D eigenvalue weighted by molar-refractivity contribution is 6.30. The van der Waals surface area contributed by atoms with E-state index >= 15 is 0 Å². The Hall–Kier alpha value is -2.32. The lowest BCUT2D eigenvalue weighted by molar-refractivity contribution is -0.138. The molecule has 0 aliphatic rings. The van der Waals surface area contributed by atoms with Crippen LogP contribution in [0.2, 0.25) is 5.02 Å². The smallest absolute Gasteiger partial charge is 0.416 e. The van der Waals surface area contributed by atoms with Crippen LogP contribution in [0, 0.1) is 12.7 Å². The van der Waals surface area contributed by atoms with Crippen LogP contribution in [0.4, 0.5) is 23.2 Å². The molecule has 0 radical (unpaired) electrons. The van der Waals surface area contributed by atoms with Crippen LogP contribution in [0.3, 0.4) is 0 Å². The molecule has 0 aliphatic carbocycles. The van der Waals surface area contributed by atoms with Gasteiger partial charge in [-0.05, 0) is 43.7 Å². The molecule has 2 rings (SSSR count). The number of alkyl halides is 3. The molecule has 1 atom stereocenters. The minimum atomic E-state index is -4.57. The number of aryl methyl sites for hydroxylation is 1. The Bertz CT molecular complexity index is 853. The number of benzene rings is 2. The molecule has 27 heavy (non-hydrogen) atoms. The van der Waals surface area contributed by atoms with Gasteiger partial charge < -0.3 is 15.2 Å². The van der Waals surface area contributed by atoms with Crippen LogP contribution in [-0.2, 0) is 11.0 Å². The van der Waals surface area contributed by atoms with Crippen molar-refractivity contribution in [3.63, 3.8) is 0 Å². The molecular formula is C18H16ClF4NO3. The molecule has 0 aliphatic heterocycles. The first-order valence-corrected chi connectivity index (χ1v) is 8.07. The molecule has 1 amide bonds. The summed E-state index contributed by atoms with van der Waals surface area (Å²) in [5.41, 5.74) is -3.11. The van der Waals surface area contributed by atoms with Crippen LogP contribution >= 0.6 is 11.6 Å². The lowest BCUT2D eigenvalue weighted by atomic mass is 10.1. The number of amides is 1. The van der Waals surface area contributed by atoms with E-state index in [2.05, 4.69) is 5.32 Å². The fourth-order valence-corrected chi connectivity index (χ4v) is 2.24. The van der Waals surface area contributed by atoms with Crippen LogP contribution in [0.1, 0.15) is 18.1 Å². The molecule has 146 valence electrons. The quantitative estimate of drug-likeness (QED) is 0.716. The summed E-state index contributed by atoms with van der Waals surface area (Å²) in [5.74, 6) is -1.69. The summed E-state index contributed by atoms with van der Waals surface area (Å²) >= 11 is 5.54. The van der Waals surface area contributed by atoms with Crippen LogP contribution < -0.4 is 10.1 Å². The second kappa shape index (κ2) is 7.74. The van der Waals surface area contributed by atoms with Gasteiger partial charge in [-0.3, -0.25) is 4.79 Å². The number of halogens is 5. The van der Waals surface area contributed by atoms with Crippen LogP contribution in [0.15, 0.2) is 36.4 Å². The Morgan fingerprint density at radius 1 is 1.22 bits per heavy atom. The summed E-state index contributed by atoms with van der Waals surface area (Å²) in [5, 5.41) is 12.3. The third-order valence-corrected chi connectivity index (χ3v) is 4.01. The SMILES string of the molecule is Cc1ccc(NC(=O)C(C)(O)COc2ccc(Cl)c(F)c2)cc1C(F)(F)F. The van der Waals surface area contributed by atoms with Crippen molar-refractivity contribution in [1.29, 1.82) is 0 Å². The number of carbonyl (C=O) groups excluding carboxylic acids is 1. The van der Waals surface area contributed by atoms with Gasteiger partial charge in [-0.1, -0.05) is 17.7 Å². The van der Waals surface area contributed by atoms with Crippen molar-refractivity contribution in [2.75, 3.05) is 11.9 Å². The van der Waals surface area contributed by atoms with E-state index in [0.717, 1.165) is 19.1 Å². The lowest BCUT2D eigenvalue weighted by Crippen LogP contribution is -2.45. The summed E-state index contributed by atoms with van der Waals surface area (Å²) in [4.78, 5) is 12.2. The lowest BCUT2D eigenvalue weighted by Gasteiger charge is -2.23. The summed E-state index contributed by atoms with van der Waals surface area (Å²) < 4.78 is 57.4. The summed E-state index contributed by atoms with van der Waals surface area (Å²) in [6.07, 6.45) is -4.57. The maximum Gasteiger partial charge on any atom is 0.416 e. The van der Waals surface area contributed by atoms with Crippen molar-refractivity contribution >= 4 is 23.2 Å². The van der Waals surface area contributed by atoms with Gasteiger partial charge in [0.05, 0.1) is 10.6 Å². The van der Waals surface area contributed by atoms with E-state index in [1.54, 1.807) is 0 Å². The van der Waals surface area contributed by atoms with Crippen LogP contribution in [-0.4, -0.2) is 23.2 Å². The van der Waals surface area contributed by atoms with Crippen LogP contribution in [0.25, 0.3) is 0 Å². The average molecular weight is 406 g/mol. The molecule has 1 unspecified atom stereocenters. The van der Waals surface area contributed by atoms with Gasteiger partial charge in [0, 0.05) is 11.8 Å². The molecule has 2 N–H and O–H groups in total. The van der Waals surface area contributed by atoms with Crippen molar-refractivity contribution < 1.29 is 32.2 Å². The Morgan fingerprint density at radius 2 is 1.89 bits per heavy atom. The van der Waals surface area contributed by atoms with Gasteiger partial charge in [-0.15, -0.1) is 0 Å². The van der Waals surface area contributed by atoms with E-state index in [0.29, 0.717) is 0 Å². The Morgan fingerprint density at radius 3 is 2.48 bits per heavy atom. The van der Waals surface area contributed by atoms with E-state index < -0.39 is 35.7 Å². The monoisotopic (exact) mass is 405 g/mol. The fraction of sp³-hybridized carbons (Fsp3) is 0.278. The van der Waals surface area contributed by atoms with Gasteiger partial charge >= 0.3 is 6.18 Å². The number of rotatable bonds is 5. The molecule has 2 aromatic carbocycles. The van der Waals surface area contributed by atoms with E-state index in [9.17, 15) is 27.5 Å². The predicted octanol–water partition coefficient (Wildman–Crippen LogP) is 4.57. The third-order valence-electron chi connectivity index (χ3n) is 3.70. The van der Waals surface area contributed by atoms with Crippen molar-refractivity contribution in [2.24, 2.45) is 0 Å². The molecular weight excluding hydrogens is 390 g/mol. The molecule has 0 saturated carbocycles. The van der Waals surface area contributed by atoms with E-state index in [4.69, 9.17) is 16.3 Å². The minimum absolute atomic E-state index is 0.000331. The maximum atomic E-state index is 13.4. The number of hydrogen-bond donors (Lipinski definition) is 2. The normalized spacial score (nSPS) is 13.8. The third kappa shape index (κ3) is 5.33. The Labute approximate surface area is 157 Å². The number of anilines is 1. The van der Waals surface area contributed by atoms with Crippen molar-refractivity contribution in [3.05, 3.63) is 58.4 Å². The van der Waals surface area contributed by atoms with Crippen molar-refractivity contribution in [3.8, 4) is 5.75 Å². The van der Waals surface area contributed by atoms with E-state index in [1.807, 2.05) is 0 Å². The summed E-state index contributed by atoms with van der Waals surface area (Å²) in [7, 11) is 0. The van der Waals surface area contributed by atoms with Crippen molar-refractivity contribution in [1.82, 2.24) is 0 Å². The molecule has 2 aromatic rings. The van der Waals surface area contributed by atoms with Crippen LogP contribution in [0.5, 0.6) is 5.75 Å². The number of ether oxygens (including phenoxy) is 1. The Balaban J connectivity index is 2.08. The molecule has 0 saturated heterocycles.